The van der Waals surface area contributed by atoms with Crippen molar-refractivity contribution < 1.29 is 9.18 Å². The van der Waals surface area contributed by atoms with Gasteiger partial charge in [-0.25, -0.2) is 18.7 Å². The minimum Gasteiger partial charge on any atom is -0.287 e. The predicted octanol–water partition coefficient (Wildman–Crippen LogP) is 1.77. The molecule has 4 aromatic rings. The number of halogens is 1. The Kier molecular flexibility index (Phi) is 4.47. The Morgan fingerprint density at radius 2 is 1.79 bits per heavy atom. The van der Waals surface area contributed by atoms with E-state index in [0.717, 1.165) is 15.7 Å². The number of aryl methyl sites for hydroxylation is 1. The number of rotatable bonds is 3. The van der Waals surface area contributed by atoms with Crippen LogP contribution >= 0.6 is 0 Å². The predicted molar refractivity (Wildman–Crippen MR) is 104 cm³/mol. The molecular formula is C20H14FN5O3. The van der Waals surface area contributed by atoms with Crippen LogP contribution in [-0.4, -0.2) is 25.3 Å². The van der Waals surface area contributed by atoms with Crippen LogP contribution in [0.4, 0.5) is 4.39 Å². The number of nitrogens with zero attached hydrogens (tertiary/aromatic N) is 4. The molecule has 2 aromatic heterocycles. The number of carbonyl (C=O) groups is 1. The van der Waals surface area contributed by atoms with Crippen molar-refractivity contribution in [1.29, 1.82) is 0 Å². The van der Waals surface area contributed by atoms with Crippen LogP contribution < -0.4 is 16.4 Å². The minimum absolute atomic E-state index is 0.0867. The highest BCUT2D eigenvalue weighted by Crippen LogP contribution is 2.13. The number of hydrogen-bond acceptors (Lipinski definition) is 5. The van der Waals surface area contributed by atoms with Crippen LogP contribution in [0.5, 0.6) is 0 Å². The Labute approximate surface area is 162 Å². The van der Waals surface area contributed by atoms with Gasteiger partial charge in [0.05, 0.1) is 10.9 Å². The fraction of sp³-hybridized carbons (Fsp3) is 0.0500. The summed E-state index contributed by atoms with van der Waals surface area (Å²) in [6, 6.07) is 13.7. The third-order valence-electron chi connectivity index (χ3n) is 4.29. The van der Waals surface area contributed by atoms with Gasteiger partial charge >= 0.3 is 0 Å². The lowest BCUT2D eigenvalue weighted by molar-refractivity contribution is 0.0999. The standard InChI is InChI=1S/C20H14FN5O3/c1-12-10-17(27)18(23-26(12)16-9-5-3-7-14(16)21)19(28)24-25-11-22-15-8-4-2-6-13(15)20(25)29/h2-11H,1H3,(H,24,28). The van der Waals surface area contributed by atoms with Crippen molar-refractivity contribution in [1.82, 2.24) is 19.4 Å². The highest BCUT2D eigenvalue weighted by atomic mass is 19.1. The number of nitrogens with one attached hydrogen (secondary N) is 1. The summed E-state index contributed by atoms with van der Waals surface area (Å²) in [6.45, 7) is 1.57. The molecule has 29 heavy (non-hydrogen) atoms. The Balaban J connectivity index is 1.76. The molecule has 0 fully saturated rings. The molecule has 0 atom stereocenters. The fourth-order valence-electron chi connectivity index (χ4n) is 2.88. The van der Waals surface area contributed by atoms with Crippen molar-refractivity contribution >= 4 is 16.8 Å². The topological polar surface area (TPSA) is 98.9 Å². The van der Waals surface area contributed by atoms with Gasteiger partial charge in [-0.1, -0.05) is 24.3 Å². The second-order valence-electron chi connectivity index (χ2n) is 6.24. The normalized spacial score (nSPS) is 10.8. The van der Waals surface area contributed by atoms with Gasteiger partial charge in [-0.3, -0.25) is 19.8 Å². The number of hydrogen-bond donors (Lipinski definition) is 1. The molecule has 2 aromatic carbocycles. The smallest absolute Gasteiger partial charge is 0.287 e. The number of benzene rings is 2. The van der Waals surface area contributed by atoms with Gasteiger partial charge in [-0.05, 0) is 31.2 Å². The van der Waals surface area contributed by atoms with Crippen LogP contribution in [0, 0.1) is 12.7 Å². The summed E-state index contributed by atoms with van der Waals surface area (Å²) < 4.78 is 16.2. The molecule has 1 N–H and O–H groups in total. The van der Waals surface area contributed by atoms with Gasteiger partial charge in [0, 0.05) is 11.8 Å². The second-order valence-corrected chi connectivity index (χ2v) is 6.24. The molecule has 0 aliphatic carbocycles. The van der Waals surface area contributed by atoms with E-state index in [4.69, 9.17) is 0 Å². The van der Waals surface area contributed by atoms with Crippen LogP contribution in [0.1, 0.15) is 16.2 Å². The van der Waals surface area contributed by atoms with E-state index in [1.807, 2.05) is 0 Å². The summed E-state index contributed by atoms with van der Waals surface area (Å²) >= 11 is 0. The van der Waals surface area contributed by atoms with Gasteiger partial charge in [0.1, 0.15) is 17.8 Å². The molecule has 0 aliphatic heterocycles. The van der Waals surface area contributed by atoms with E-state index < -0.39 is 28.4 Å². The van der Waals surface area contributed by atoms with Crippen molar-refractivity contribution in [3.63, 3.8) is 0 Å². The average Bonchev–Trinajstić information content (AvgIpc) is 2.71. The number of para-hydroxylation sites is 2. The molecule has 9 heteroatoms. The lowest BCUT2D eigenvalue weighted by atomic mass is 10.2. The molecule has 0 saturated carbocycles. The molecule has 2 heterocycles. The lowest BCUT2D eigenvalue weighted by Crippen LogP contribution is -2.36. The first-order chi connectivity index (χ1) is 14.0. The summed E-state index contributed by atoms with van der Waals surface area (Å²) in [5, 5.41) is 4.31. The van der Waals surface area contributed by atoms with Crippen LogP contribution in [0.25, 0.3) is 16.6 Å². The molecule has 4 rings (SSSR count). The third kappa shape index (κ3) is 3.29. The summed E-state index contributed by atoms with van der Waals surface area (Å²) in [5.74, 6) is -1.48. The second kappa shape index (κ2) is 7.12. The number of fused-ring (bicyclic) bond motifs is 1. The maximum absolute atomic E-state index is 14.1. The Morgan fingerprint density at radius 3 is 2.59 bits per heavy atom. The molecule has 0 radical (unpaired) electrons. The van der Waals surface area contributed by atoms with E-state index in [1.165, 1.54) is 24.3 Å². The fourth-order valence-corrected chi connectivity index (χ4v) is 2.88. The largest absolute Gasteiger partial charge is 0.294 e. The average molecular weight is 391 g/mol. The number of carbonyl (C=O) groups excluding carboxylic acids is 1. The SMILES string of the molecule is Cc1cc(=O)c(C(=O)Nn2cnc3ccccc3c2=O)nn1-c1ccccc1F. The molecule has 8 nitrogen and oxygen atoms in total. The maximum atomic E-state index is 14.1. The van der Waals surface area contributed by atoms with E-state index in [0.29, 0.717) is 16.6 Å². The first kappa shape index (κ1) is 18.2. The monoisotopic (exact) mass is 391 g/mol. The van der Waals surface area contributed by atoms with E-state index in [1.54, 1.807) is 37.3 Å². The third-order valence-corrected chi connectivity index (χ3v) is 4.29. The molecule has 0 aliphatic rings. The lowest BCUT2D eigenvalue weighted by Gasteiger charge is -2.12. The highest BCUT2D eigenvalue weighted by molar-refractivity contribution is 5.98. The van der Waals surface area contributed by atoms with Crippen LogP contribution in [0.2, 0.25) is 0 Å². The van der Waals surface area contributed by atoms with Crippen LogP contribution in [0.15, 0.2) is 70.5 Å². The van der Waals surface area contributed by atoms with Gasteiger partial charge in [0.15, 0.2) is 5.69 Å². The van der Waals surface area contributed by atoms with Gasteiger partial charge < -0.3 is 0 Å². The zero-order valence-corrected chi connectivity index (χ0v) is 15.2. The zero-order valence-electron chi connectivity index (χ0n) is 15.2. The Bertz CT molecular complexity index is 1380. The Hall–Kier alpha value is -4.14. The molecule has 0 spiro atoms. The maximum Gasteiger partial charge on any atom is 0.294 e. The van der Waals surface area contributed by atoms with Crippen molar-refractivity contribution in [2.75, 3.05) is 5.43 Å². The van der Waals surface area contributed by atoms with E-state index >= 15 is 0 Å². The summed E-state index contributed by atoms with van der Waals surface area (Å²) in [4.78, 5) is 41.6. The van der Waals surface area contributed by atoms with E-state index in [2.05, 4.69) is 15.5 Å². The van der Waals surface area contributed by atoms with E-state index in [-0.39, 0.29) is 5.69 Å². The number of aromatic nitrogens is 4. The van der Waals surface area contributed by atoms with Crippen LogP contribution in [-0.2, 0) is 0 Å². The van der Waals surface area contributed by atoms with Crippen molar-refractivity contribution in [3.05, 3.63) is 98.7 Å². The Morgan fingerprint density at radius 1 is 1.07 bits per heavy atom. The minimum atomic E-state index is -0.917. The summed E-state index contributed by atoms with van der Waals surface area (Å²) in [6.07, 6.45) is 1.14. The van der Waals surface area contributed by atoms with Crippen molar-refractivity contribution in [2.24, 2.45) is 0 Å². The molecule has 1 amide bonds. The highest BCUT2D eigenvalue weighted by Gasteiger charge is 2.18. The quantitative estimate of drug-likeness (QED) is 0.574. The molecule has 0 bridgehead atoms. The first-order valence-corrected chi connectivity index (χ1v) is 8.59. The van der Waals surface area contributed by atoms with Gasteiger partial charge in [-0.2, -0.15) is 5.10 Å². The van der Waals surface area contributed by atoms with Gasteiger partial charge in [0.25, 0.3) is 11.5 Å². The summed E-state index contributed by atoms with van der Waals surface area (Å²) in [7, 11) is 0. The van der Waals surface area contributed by atoms with Crippen molar-refractivity contribution in [2.45, 2.75) is 6.92 Å². The van der Waals surface area contributed by atoms with E-state index in [9.17, 15) is 18.8 Å². The molecule has 0 saturated heterocycles. The molecule has 0 unspecified atom stereocenters. The zero-order chi connectivity index (χ0) is 20.5. The first-order valence-electron chi connectivity index (χ1n) is 8.59. The van der Waals surface area contributed by atoms with Gasteiger partial charge in [0.2, 0.25) is 5.43 Å². The summed E-state index contributed by atoms with van der Waals surface area (Å²) in [5.41, 5.74) is 1.56. The number of amides is 1. The van der Waals surface area contributed by atoms with Crippen molar-refractivity contribution in [3.8, 4) is 5.69 Å². The molecular weight excluding hydrogens is 377 g/mol. The van der Waals surface area contributed by atoms with Crippen LogP contribution in [0.3, 0.4) is 0 Å². The molecule has 144 valence electrons. The van der Waals surface area contributed by atoms with Gasteiger partial charge in [-0.15, -0.1) is 0 Å².